The average molecular weight is 358 g/mol. The average Bonchev–Trinajstić information content (AvgIpc) is 2.90. The zero-order valence-corrected chi connectivity index (χ0v) is 12.8. The molecule has 1 atom stereocenters. The van der Waals surface area contributed by atoms with E-state index in [1.54, 1.807) is 16.8 Å². The molecule has 20 heavy (non-hydrogen) atoms. The largest absolute Gasteiger partial charge is 0.298 e. The fourth-order valence-electron chi connectivity index (χ4n) is 2.36. The standard InChI is InChI=1S/C12H10BrClN4O2/c1-17-10(19)3-8(12(17)20)18-9(4-14)16-7-2-6(13)5-15-11(7)18/h2,5,8H,3-4H2,1H3. The number of alkyl halides is 1. The number of hydrogen-bond donors (Lipinski definition) is 0. The normalized spacial score (nSPS) is 19.4. The minimum atomic E-state index is -0.611. The van der Waals surface area contributed by atoms with E-state index >= 15 is 0 Å². The van der Waals surface area contributed by atoms with Crippen LogP contribution in [0, 0.1) is 0 Å². The fourth-order valence-corrected chi connectivity index (χ4v) is 2.87. The maximum Gasteiger partial charge on any atom is 0.252 e. The first-order valence-electron chi connectivity index (χ1n) is 5.91. The van der Waals surface area contributed by atoms with Gasteiger partial charge in [0.1, 0.15) is 17.4 Å². The van der Waals surface area contributed by atoms with Gasteiger partial charge < -0.3 is 0 Å². The summed E-state index contributed by atoms with van der Waals surface area (Å²) in [4.78, 5) is 33.7. The lowest BCUT2D eigenvalue weighted by atomic mass is 10.2. The summed E-state index contributed by atoms with van der Waals surface area (Å²) in [6.07, 6.45) is 1.74. The molecule has 0 spiro atoms. The van der Waals surface area contributed by atoms with Crippen LogP contribution in [-0.2, 0) is 15.5 Å². The van der Waals surface area contributed by atoms with Crippen LogP contribution in [0.25, 0.3) is 11.2 Å². The predicted molar refractivity (Wildman–Crippen MR) is 76.2 cm³/mol. The van der Waals surface area contributed by atoms with Crippen LogP contribution in [0.1, 0.15) is 18.3 Å². The second-order valence-electron chi connectivity index (χ2n) is 4.54. The molecule has 3 rings (SSSR count). The third kappa shape index (κ3) is 1.92. The number of imidazole rings is 1. The third-order valence-electron chi connectivity index (χ3n) is 3.36. The molecule has 1 aliphatic heterocycles. The van der Waals surface area contributed by atoms with Crippen LogP contribution in [0.2, 0.25) is 0 Å². The number of hydrogen-bond acceptors (Lipinski definition) is 4. The minimum absolute atomic E-state index is 0.114. The molecular formula is C12H10BrClN4O2. The zero-order chi connectivity index (χ0) is 14.4. The van der Waals surface area contributed by atoms with Gasteiger partial charge in [0.2, 0.25) is 5.91 Å². The highest BCUT2D eigenvalue weighted by Gasteiger charge is 2.39. The van der Waals surface area contributed by atoms with E-state index in [9.17, 15) is 9.59 Å². The van der Waals surface area contributed by atoms with Crippen LogP contribution in [-0.4, -0.2) is 38.3 Å². The second-order valence-corrected chi connectivity index (χ2v) is 5.72. The Labute approximate surface area is 127 Å². The van der Waals surface area contributed by atoms with Gasteiger partial charge in [-0.3, -0.25) is 19.1 Å². The summed E-state index contributed by atoms with van der Waals surface area (Å²) in [6, 6.07) is 1.19. The van der Waals surface area contributed by atoms with Gasteiger partial charge in [0.05, 0.1) is 12.3 Å². The number of amides is 2. The van der Waals surface area contributed by atoms with Gasteiger partial charge in [0, 0.05) is 17.7 Å². The van der Waals surface area contributed by atoms with Crippen LogP contribution in [0.3, 0.4) is 0 Å². The molecule has 1 saturated heterocycles. The molecule has 0 bridgehead atoms. The van der Waals surface area contributed by atoms with Gasteiger partial charge >= 0.3 is 0 Å². The van der Waals surface area contributed by atoms with Crippen molar-refractivity contribution in [2.45, 2.75) is 18.3 Å². The summed E-state index contributed by atoms with van der Waals surface area (Å²) in [5.74, 6) is 0.217. The Morgan fingerprint density at radius 2 is 2.25 bits per heavy atom. The molecule has 0 radical (unpaired) electrons. The number of likely N-dealkylation sites (tertiary alicyclic amines) is 1. The number of carbonyl (C=O) groups excluding carboxylic acids is 2. The number of imide groups is 1. The van der Waals surface area contributed by atoms with Gasteiger partial charge in [-0.25, -0.2) is 9.97 Å². The summed E-state index contributed by atoms with van der Waals surface area (Å²) >= 11 is 9.24. The van der Waals surface area contributed by atoms with Crippen molar-refractivity contribution in [1.29, 1.82) is 0 Å². The number of carbonyl (C=O) groups is 2. The summed E-state index contributed by atoms with van der Waals surface area (Å²) in [5, 5.41) is 0. The molecule has 1 unspecified atom stereocenters. The molecule has 6 nitrogen and oxygen atoms in total. The molecule has 0 saturated carbocycles. The van der Waals surface area contributed by atoms with Gasteiger partial charge in [-0.1, -0.05) is 0 Å². The summed E-state index contributed by atoms with van der Waals surface area (Å²) in [6.45, 7) is 0. The van der Waals surface area contributed by atoms with E-state index in [1.807, 2.05) is 0 Å². The maximum atomic E-state index is 12.2. The van der Waals surface area contributed by atoms with Gasteiger partial charge in [0.15, 0.2) is 5.65 Å². The molecule has 2 aromatic heterocycles. The van der Waals surface area contributed by atoms with E-state index in [0.29, 0.717) is 17.0 Å². The van der Waals surface area contributed by atoms with Gasteiger partial charge in [-0.05, 0) is 22.0 Å². The quantitative estimate of drug-likeness (QED) is 0.608. The lowest BCUT2D eigenvalue weighted by molar-refractivity contribution is -0.137. The molecule has 104 valence electrons. The maximum absolute atomic E-state index is 12.2. The van der Waals surface area contributed by atoms with Crippen molar-refractivity contribution in [2.24, 2.45) is 0 Å². The topological polar surface area (TPSA) is 68.1 Å². The highest BCUT2D eigenvalue weighted by atomic mass is 79.9. The molecule has 2 aromatic rings. The first kappa shape index (κ1) is 13.5. The first-order chi connectivity index (χ1) is 9.52. The van der Waals surface area contributed by atoms with Gasteiger partial charge in [-0.15, -0.1) is 11.6 Å². The van der Waals surface area contributed by atoms with Crippen molar-refractivity contribution in [3.05, 3.63) is 22.6 Å². The number of halogens is 2. The van der Waals surface area contributed by atoms with Crippen LogP contribution < -0.4 is 0 Å². The number of fused-ring (bicyclic) bond motifs is 1. The van der Waals surface area contributed by atoms with Crippen LogP contribution in [0.4, 0.5) is 0 Å². The highest BCUT2D eigenvalue weighted by Crippen LogP contribution is 2.29. The fraction of sp³-hybridized carbons (Fsp3) is 0.333. The van der Waals surface area contributed by atoms with E-state index in [2.05, 4.69) is 25.9 Å². The van der Waals surface area contributed by atoms with E-state index in [1.165, 1.54) is 7.05 Å². The first-order valence-corrected chi connectivity index (χ1v) is 7.24. The molecule has 0 N–H and O–H groups in total. The monoisotopic (exact) mass is 356 g/mol. The lowest BCUT2D eigenvalue weighted by Crippen LogP contribution is -2.27. The third-order valence-corrected chi connectivity index (χ3v) is 4.03. The van der Waals surface area contributed by atoms with E-state index in [4.69, 9.17) is 11.6 Å². The molecule has 3 heterocycles. The molecule has 2 amide bonds. The van der Waals surface area contributed by atoms with Gasteiger partial charge in [-0.2, -0.15) is 0 Å². The molecule has 8 heteroatoms. The SMILES string of the molecule is CN1C(=O)CC(n2c(CCl)nc3cc(Br)cnc32)C1=O. The summed E-state index contributed by atoms with van der Waals surface area (Å²) in [5.41, 5.74) is 1.20. The number of pyridine rings is 1. The number of rotatable bonds is 2. The van der Waals surface area contributed by atoms with Crippen molar-refractivity contribution < 1.29 is 9.59 Å². The number of likely N-dealkylation sites (N-methyl/N-ethyl adjacent to an activating group) is 1. The highest BCUT2D eigenvalue weighted by molar-refractivity contribution is 9.10. The Bertz CT molecular complexity index is 730. The zero-order valence-electron chi connectivity index (χ0n) is 10.5. The summed E-state index contributed by atoms with van der Waals surface area (Å²) in [7, 11) is 1.48. The van der Waals surface area contributed by atoms with E-state index < -0.39 is 6.04 Å². The molecule has 0 aromatic carbocycles. The van der Waals surface area contributed by atoms with Crippen LogP contribution in [0.15, 0.2) is 16.7 Å². The predicted octanol–water partition coefficient (Wildman–Crippen LogP) is 1.86. The smallest absolute Gasteiger partial charge is 0.252 e. The second kappa shape index (κ2) is 4.82. The Kier molecular flexibility index (Phi) is 3.25. The molecule has 1 aliphatic rings. The molecular weight excluding hydrogens is 348 g/mol. The Balaban J connectivity index is 2.20. The van der Waals surface area contributed by atoms with Crippen molar-refractivity contribution in [3.8, 4) is 0 Å². The van der Waals surface area contributed by atoms with Gasteiger partial charge in [0.25, 0.3) is 5.91 Å². The van der Waals surface area contributed by atoms with Crippen molar-refractivity contribution >= 4 is 50.5 Å². The van der Waals surface area contributed by atoms with E-state index in [0.717, 1.165) is 9.37 Å². The number of nitrogens with zero attached hydrogens (tertiary/aromatic N) is 4. The van der Waals surface area contributed by atoms with Crippen molar-refractivity contribution in [1.82, 2.24) is 19.4 Å². The van der Waals surface area contributed by atoms with Crippen molar-refractivity contribution in [3.63, 3.8) is 0 Å². The Hall–Kier alpha value is -1.47. The lowest BCUT2D eigenvalue weighted by Gasteiger charge is -2.13. The van der Waals surface area contributed by atoms with Crippen LogP contribution in [0.5, 0.6) is 0 Å². The van der Waals surface area contributed by atoms with Crippen molar-refractivity contribution in [2.75, 3.05) is 7.05 Å². The van der Waals surface area contributed by atoms with Crippen LogP contribution >= 0.6 is 27.5 Å². The molecule has 1 fully saturated rings. The summed E-state index contributed by atoms with van der Waals surface area (Å²) < 4.78 is 2.46. The minimum Gasteiger partial charge on any atom is -0.298 e. The Morgan fingerprint density at radius 3 is 2.85 bits per heavy atom. The molecule has 0 aliphatic carbocycles. The number of aromatic nitrogens is 3. The Morgan fingerprint density at radius 1 is 1.50 bits per heavy atom. The van der Waals surface area contributed by atoms with E-state index in [-0.39, 0.29) is 24.1 Å².